The molecule has 0 saturated carbocycles. The van der Waals surface area contributed by atoms with Gasteiger partial charge in [-0.15, -0.1) is 0 Å². The Hall–Kier alpha value is -1.01. The van der Waals surface area contributed by atoms with Crippen molar-refractivity contribution in [3.8, 4) is 5.75 Å². The summed E-state index contributed by atoms with van der Waals surface area (Å²) >= 11 is 7.02. The normalized spacial score (nSPS) is 10.7. The maximum atomic E-state index is 5.32. The van der Waals surface area contributed by atoms with Crippen LogP contribution in [0.1, 0.15) is 18.3 Å². The van der Waals surface area contributed by atoms with Crippen LogP contribution in [0.25, 0.3) is 0 Å². The van der Waals surface area contributed by atoms with Crippen molar-refractivity contribution < 1.29 is 4.74 Å². The number of anilines is 1. The Morgan fingerprint density at radius 1 is 1.25 bits per heavy atom. The number of halogens is 2. The molecule has 20 heavy (non-hydrogen) atoms. The monoisotopic (exact) mass is 401 g/mol. The molecule has 1 aromatic carbocycles. The number of nitrogens with one attached hydrogen (secondary N) is 1. The number of benzene rings is 1. The summed E-state index contributed by atoms with van der Waals surface area (Å²) in [6, 6.07) is 6.04. The molecule has 0 bridgehead atoms. The number of rotatable bonds is 5. The van der Waals surface area contributed by atoms with Crippen LogP contribution in [0, 0.1) is 6.92 Å². The molecule has 2 aromatic rings. The zero-order valence-corrected chi connectivity index (χ0v) is 14.9. The van der Waals surface area contributed by atoms with E-state index >= 15 is 0 Å². The molecule has 0 atom stereocenters. The van der Waals surface area contributed by atoms with Crippen LogP contribution >= 0.6 is 31.9 Å². The van der Waals surface area contributed by atoms with Gasteiger partial charge in [0.15, 0.2) is 0 Å². The van der Waals surface area contributed by atoms with Gasteiger partial charge in [0.25, 0.3) is 0 Å². The molecule has 0 fully saturated rings. The van der Waals surface area contributed by atoms with E-state index in [1.165, 1.54) is 5.69 Å². The van der Waals surface area contributed by atoms with E-state index < -0.39 is 0 Å². The largest absolute Gasteiger partial charge is 0.495 e. The number of nitrogens with zero attached hydrogens (tertiary/aromatic N) is 2. The van der Waals surface area contributed by atoms with Gasteiger partial charge in [-0.05, 0) is 57.8 Å². The zero-order valence-electron chi connectivity index (χ0n) is 11.7. The number of ether oxygens (including phenoxy) is 1. The van der Waals surface area contributed by atoms with E-state index in [0.29, 0.717) is 0 Å². The second kappa shape index (κ2) is 6.63. The van der Waals surface area contributed by atoms with Crippen LogP contribution in [0.3, 0.4) is 0 Å². The molecule has 0 aliphatic heterocycles. The number of hydrogen-bond acceptors (Lipinski definition) is 3. The number of methoxy groups -OCH3 is 1. The minimum atomic E-state index is 0.720. The molecule has 2 rings (SSSR count). The highest BCUT2D eigenvalue weighted by atomic mass is 79.9. The van der Waals surface area contributed by atoms with Crippen LogP contribution in [0.5, 0.6) is 5.75 Å². The third kappa shape index (κ3) is 3.35. The van der Waals surface area contributed by atoms with Gasteiger partial charge >= 0.3 is 0 Å². The fourth-order valence-corrected chi connectivity index (χ4v) is 3.32. The molecular weight excluding hydrogens is 386 g/mol. The Labute approximate surface area is 135 Å². The van der Waals surface area contributed by atoms with Crippen LogP contribution < -0.4 is 10.1 Å². The van der Waals surface area contributed by atoms with Crippen LogP contribution in [0.4, 0.5) is 5.69 Å². The number of hydrogen-bond donors (Lipinski definition) is 1. The SMILES string of the molecule is CCn1nc(C)cc1CNc1cc(OC)c(Br)cc1Br. The Kier molecular flexibility index (Phi) is 5.10. The first-order valence-electron chi connectivity index (χ1n) is 6.35. The van der Waals surface area contributed by atoms with Crippen LogP contribution in [-0.4, -0.2) is 16.9 Å². The third-order valence-corrected chi connectivity index (χ3v) is 4.26. The lowest BCUT2D eigenvalue weighted by Gasteiger charge is -2.12. The van der Waals surface area contributed by atoms with Crippen molar-refractivity contribution >= 4 is 37.5 Å². The Bertz CT molecular complexity index is 611. The minimum absolute atomic E-state index is 0.720. The average molecular weight is 403 g/mol. The van der Waals surface area contributed by atoms with Crippen molar-refractivity contribution in [2.75, 3.05) is 12.4 Å². The van der Waals surface area contributed by atoms with E-state index in [0.717, 1.165) is 39.2 Å². The second-order valence-corrected chi connectivity index (χ2v) is 6.12. The first kappa shape index (κ1) is 15.4. The molecule has 0 unspecified atom stereocenters. The molecule has 108 valence electrons. The average Bonchev–Trinajstić information content (AvgIpc) is 2.78. The smallest absolute Gasteiger partial charge is 0.135 e. The van der Waals surface area contributed by atoms with E-state index in [1.807, 2.05) is 23.7 Å². The summed E-state index contributed by atoms with van der Waals surface area (Å²) in [6.45, 7) is 5.69. The summed E-state index contributed by atoms with van der Waals surface area (Å²) in [6.07, 6.45) is 0. The summed E-state index contributed by atoms with van der Waals surface area (Å²) < 4.78 is 9.24. The molecule has 4 nitrogen and oxygen atoms in total. The number of aromatic nitrogens is 2. The maximum absolute atomic E-state index is 5.32. The van der Waals surface area contributed by atoms with Crippen molar-refractivity contribution in [1.82, 2.24) is 9.78 Å². The van der Waals surface area contributed by atoms with E-state index in [-0.39, 0.29) is 0 Å². The second-order valence-electron chi connectivity index (χ2n) is 4.41. The van der Waals surface area contributed by atoms with Crippen LogP contribution in [-0.2, 0) is 13.1 Å². The van der Waals surface area contributed by atoms with Gasteiger partial charge in [-0.25, -0.2) is 0 Å². The van der Waals surface area contributed by atoms with Crippen molar-refractivity contribution in [2.45, 2.75) is 26.9 Å². The predicted octanol–water partition coefficient (Wildman–Crippen LogP) is 4.36. The van der Waals surface area contributed by atoms with Gasteiger partial charge in [-0.3, -0.25) is 4.68 Å². The molecule has 0 aliphatic carbocycles. The first-order chi connectivity index (χ1) is 9.55. The fraction of sp³-hybridized carbons (Fsp3) is 0.357. The van der Waals surface area contributed by atoms with E-state index in [4.69, 9.17) is 4.74 Å². The molecular formula is C14H17Br2N3O. The molecule has 6 heteroatoms. The van der Waals surface area contributed by atoms with E-state index in [9.17, 15) is 0 Å². The van der Waals surface area contributed by atoms with E-state index in [1.54, 1.807) is 7.11 Å². The van der Waals surface area contributed by atoms with Crippen molar-refractivity contribution in [3.63, 3.8) is 0 Å². The fourth-order valence-electron chi connectivity index (χ4n) is 2.02. The highest BCUT2D eigenvalue weighted by Crippen LogP contribution is 2.34. The van der Waals surface area contributed by atoms with Gasteiger partial charge in [-0.1, -0.05) is 0 Å². The van der Waals surface area contributed by atoms with Crippen molar-refractivity contribution in [2.24, 2.45) is 0 Å². The maximum Gasteiger partial charge on any atom is 0.135 e. The molecule has 0 saturated heterocycles. The molecule has 0 amide bonds. The minimum Gasteiger partial charge on any atom is -0.495 e. The summed E-state index contributed by atoms with van der Waals surface area (Å²) in [5.74, 6) is 0.802. The summed E-state index contributed by atoms with van der Waals surface area (Å²) in [7, 11) is 1.66. The van der Waals surface area contributed by atoms with Gasteiger partial charge in [0.2, 0.25) is 0 Å². The highest BCUT2D eigenvalue weighted by Gasteiger charge is 2.09. The Morgan fingerprint density at radius 2 is 2.00 bits per heavy atom. The Morgan fingerprint density at radius 3 is 2.65 bits per heavy atom. The van der Waals surface area contributed by atoms with Crippen LogP contribution in [0.2, 0.25) is 0 Å². The lowest BCUT2D eigenvalue weighted by molar-refractivity contribution is 0.412. The van der Waals surface area contributed by atoms with Crippen molar-refractivity contribution in [3.05, 3.63) is 38.5 Å². The van der Waals surface area contributed by atoms with Gasteiger partial charge < -0.3 is 10.1 Å². The quantitative estimate of drug-likeness (QED) is 0.807. The molecule has 0 aliphatic rings. The molecule has 0 spiro atoms. The third-order valence-electron chi connectivity index (χ3n) is 2.99. The number of aryl methyl sites for hydroxylation is 2. The molecule has 1 N–H and O–H groups in total. The zero-order chi connectivity index (χ0) is 14.7. The summed E-state index contributed by atoms with van der Waals surface area (Å²) in [5, 5.41) is 7.86. The van der Waals surface area contributed by atoms with Crippen molar-refractivity contribution in [1.29, 1.82) is 0 Å². The van der Waals surface area contributed by atoms with Gasteiger partial charge in [0.1, 0.15) is 5.75 Å². The standard InChI is InChI=1S/C14H17Br2N3O/c1-4-19-10(5-9(2)18-19)8-17-13-7-14(20-3)12(16)6-11(13)15/h5-7,17H,4,8H2,1-3H3. The van der Waals surface area contributed by atoms with Gasteiger partial charge in [0.05, 0.1) is 35.2 Å². The molecule has 1 aromatic heterocycles. The topological polar surface area (TPSA) is 39.1 Å². The van der Waals surface area contributed by atoms with Gasteiger partial charge in [0, 0.05) is 17.1 Å². The lowest BCUT2D eigenvalue weighted by atomic mass is 10.3. The van der Waals surface area contributed by atoms with Gasteiger partial charge in [-0.2, -0.15) is 5.10 Å². The van der Waals surface area contributed by atoms with Crippen LogP contribution in [0.15, 0.2) is 27.1 Å². The molecule has 1 heterocycles. The summed E-state index contributed by atoms with van der Waals surface area (Å²) in [5.41, 5.74) is 3.20. The van der Waals surface area contributed by atoms with E-state index in [2.05, 4.69) is 55.3 Å². The first-order valence-corrected chi connectivity index (χ1v) is 7.94. The highest BCUT2D eigenvalue weighted by molar-refractivity contribution is 9.11. The lowest BCUT2D eigenvalue weighted by Crippen LogP contribution is -2.08. The Balaban J connectivity index is 2.18. The summed E-state index contributed by atoms with van der Waals surface area (Å²) in [4.78, 5) is 0. The predicted molar refractivity (Wildman–Crippen MR) is 88.4 cm³/mol. The molecule has 0 radical (unpaired) electrons.